The molecule has 17 heavy (non-hydrogen) atoms. The van der Waals surface area contributed by atoms with Gasteiger partial charge in [0.25, 0.3) is 5.91 Å². The number of ether oxygens (including phenoxy) is 2. The van der Waals surface area contributed by atoms with Gasteiger partial charge in [-0.1, -0.05) is 6.92 Å². The van der Waals surface area contributed by atoms with Crippen LogP contribution < -0.4 is 0 Å². The molecule has 0 aromatic rings. The van der Waals surface area contributed by atoms with Crippen LogP contribution in [0.3, 0.4) is 0 Å². The highest BCUT2D eigenvalue weighted by Gasteiger charge is 2.34. The first kappa shape index (κ1) is 15.9. The van der Waals surface area contributed by atoms with Gasteiger partial charge in [0, 0.05) is 20.2 Å². The van der Waals surface area contributed by atoms with Crippen LogP contribution in [0, 0.1) is 0 Å². The number of nitrogens with zero attached hydrogens (tertiary/aromatic N) is 1. The van der Waals surface area contributed by atoms with Crippen LogP contribution in [0.25, 0.3) is 0 Å². The first-order valence-corrected chi connectivity index (χ1v) is 5.86. The van der Waals surface area contributed by atoms with Gasteiger partial charge in [0.05, 0.1) is 13.5 Å². The van der Waals surface area contributed by atoms with Gasteiger partial charge in [-0.15, -0.1) is 0 Å². The molecule has 0 bridgehead atoms. The third-order valence-corrected chi connectivity index (χ3v) is 3.06. The van der Waals surface area contributed by atoms with E-state index in [-0.39, 0.29) is 18.3 Å². The van der Waals surface area contributed by atoms with Gasteiger partial charge in [-0.25, -0.2) is 0 Å². The molecule has 0 rings (SSSR count). The van der Waals surface area contributed by atoms with Crippen LogP contribution in [0.2, 0.25) is 0 Å². The Morgan fingerprint density at radius 3 is 2.18 bits per heavy atom. The predicted molar refractivity (Wildman–Crippen MR) is 64.6 cm³/mol. The normalized spacial score (nSPS) is 13.9. The SMILES string of the molecule is CCN(CCC(=O)OC)C(=O)C(C)(CC)OC. The van der Waals surface area contributed by atoms with E-state index in [0.29, 0.717) is 19.5 Å². The molecule has 0 saturated carbocycles. The number of carbonyl (C=O) groups is 2. The van der Waals surface area contributed by atoms with Crippen LogP contribution >= 0.6 is 0 Å². The molecular weight excluding hydrogens is 222 g/mol. The largest absolute Gasteiger partial charge is 0.469 e. The summed E-state index contributed by atoms with van der Waals surface area (Å²) in [7, 11) is 2.86. The standard InChI is InChI=1S/C12H23NO4/c1-6-12(3,17-5)11(15)13(7-2)9-8-10(14)16-4/h6-9H2,1-5H3. The van der Waals surface area contributed by atoms with Crippen LogP contribution in [0.15, 0.2) is 0 Å². The second-order valence-electron chi connectivity index (χ2n) is 4.00. The lowest BCUT2D eigenvalue weighted by molar-refractivity contribution is -0.154. The molecule has 0 aliphatic heterocycles. The quantitative estimate of drug-likeness (QED) is 0.633. The Labute approximate surface area is 103 Å². The molecule has 5 heteroatoms. The predicted octanol–water partition coefficient (Wildman–Crippen LogP) is 1.21. The van der Waals surface area contributed by atoms with E-state index in [9.17, 15) is 9.59 Å². The van der Waals surface area contributed by atoms with Crippen molar-refractivity contribution in [2.45, 2.75) is 39.2 Å². The van der Waals surface area contributed by atoms with Crippen molar-refractivity contribution in [2.75, 3.05) is 27.3 Å². The van der Waals surface area contributed by atoms with Gasteiger partial charge in [0.15, 0.2) is 0 Å². The minimum Gasteiger partial charge on any atom is -0.469 e. The highest BCUT2D eigenvalue weighted by molar-refractivity contribution is 5.85. The summed E-state index contributed by atoms with van der Waals surface area (Å²) in [5, 5.41) is 0. The molecular formula is C12H23NO4. The first-order valence-electron chi connectivity index (χ1n) is 5.86. The number of amides is 1. The van der Waals surface area contributed by atoms with Crippen molar-refractivity contribution in [3.05, 3.63) is 0 Å². The van der Waals surface area contributed by atoms with Gasteiger partial charge in [-0.3, -0.25) is 9.59 Å². The smallest absolute Gasteiger partial charge is 0.307 e. The van der Waals surface area contributed by atoms with Crippen LogP contribution in [-0.2, 0) is 19.1 Å². The van der Waals surface area contributed by atoms with Crippen molar-refractivity contribution in [2.24, 2.45) is 0 Å². The van der Waals surface area contributed by atoms with Gasteiger partial charge in [0.2, 0.25) is 0 Å². The Bertz CT molecular complexity index is 261. The van der Waals surface area contributed by atoms with Crippen LogP contribution in [-0.4, -0.2) is 49.7 Å². The van der Waals surface area contributed by atoms with E-state index in [1.165, 1.54) is 14.2 Å². The highest BCUT2D eigenvalue weighted by Crippen LogP contribution is 2.17. The zero-order chi connectivity index (χ0) is 13.5. The van der Waals surface area contributed by atoms with E-state index < -0.39 is 5.60 Å². The Balaban J connectivity index is 4.55. The Kier molecular flexibility index (Phi) is 6.80. The molecule has 5 nitrogen and oxygen atoms in total. The number of esters is 1. The third kappa shape index (κ3) is 4.34. The van der Waals surface area contributed by atoms with E-state index in [1.807, 2.05) is 13.8 Å². The van der Waals surface area contributed by atoms with Crippen molar-refractivity contribution in [3.63, 3.8) is 0 Å². The van der Waals surface area contributed by atoms with Gasteiger partial charge < -0.3 is 14.4 Å². The molecule has 0 aromatic carbocycles. The summed E-state index contributed by atoms with van der Waals surface area (Å²) in [5.74, 6) is -0.402. The molecule has 0 aliphatic rings. The van der Waals surface area contributed by atoms with Crippen molar-refractivity contribution in [3.8, 4) is 0 Å². The molecule has 0 heterocycles. The van der Waals surface area contributed by atoms with E-state index in [4.69, 9.17) is 4.74 Å². The number of methoxy groups -OCH3 is 2. The fraction of sp³-hybridized carbons (Fsp3) is 0.833. The number of hydrogen-bond donors (Lipinski definition) is 0. The van der Waals surface area contributed by atoms with Gasteiger partial charge in [-0.2, -0.15) is 0 Å². The van der Waals surface area contributed by atoms with Crippen molar-refractivity contribution in [1.29, 1.82) is 0 Å². The van der Waals surface area contributed by atoms with Crippen molar-refractivity contribution in [1.82, 2.24) is 4.90 Å². The number of rotatable bonds is 7. The molecule has 0 saturated heterocycles. The monoisotopic (exact) mass is 245 g/mol. The molecule has 100 valence electrons. The molecule has 1 amide bonds. The maximum atomic E-state index is 12.2. The molecule has 1 unspecified atom stereocenters. The number of likely N-dealkylation sites (N-methyl/N-ethyl adjacent to an activating group) is 1. The average Bonchev–Trinajstić information content (AvgIpc) is 2.37. The molecule has 0 radical (unpaired) electrons. The highest BCUT2D eigenvalue weighted by atomic mass is 16.5. The van der Waals surface area contributed by atoms with Gasteiger partial charge >= 0.3 is 5.97 Å². The average molecular weight is 245 g/mol. The minimum atomic E-state index is -0.813. The minimum absolute atomic E-state index is 0.0890. The topological polar surface area (TPSA) is 55.8 Å². The van der Waals surface area contributed by atoms with E-state index in [2.05, 4.69) is 4.74 Å². The van der Waals surface area contributed by atoms with Crippen LogP contribution in [0.1, 0.15) is 33.6 Å². The maximum absolute atomic E-state index is 12.2. The molecule has 0 aromatic heterocycles. The molecule has 0 N–H and O–H groups in total. The lowest BCUT2D eigenvalue weighted by atomic mass is 10.0. The third-order valence-electron chi connectivity index (χ3n) is 3.06. The summed E-state index contributed by atoms with van der Waals surface area (Å²) < 4.78 is 9.81. The number of hydrogen-bond acceptors (Lipinski definition) is 4. The van der Waals surface area contributed by atoms with E-state index in [0.717, 1.165) is 0 Å². The summed E-state index contributed by atoms with van der Waals surface area (Å²) in [6, 6.07) is 0. The second kappa shape index (κ2) is 7.27. The summed E-state index contributed by atoms with van der Waals surface area (Å²) in [6.45, 7) is 6.45. The first-order chi connectivity index (χ1) is 7.95. The van der Waals surface area contributed by atoms with Crippen molar-refractivity contribution < 1.29 is 19.1 Å². The summed E-state index contributed by atoms with van der Waals surface area (Å²) in [4.78, 5) is 24.9. The van der Waals surface area contributed by atoms with E-state index in [1.54, 1.807) is 11.8 Å². The Morgan fingerprint density at radius 1 is 1.24 bits per heavy atom. The van der Waals surface area contributed by atoms with Gasteiger partial charge in [-0.05, 0) is 20.3 Å². The zero-order valence-corrected chi connectivity index (χ0v) is 11.4. The van der Waals surface area contributed by atoms with Crippen molar-refractivity contribution >= 4 is 11.9 Å². The lowest BCUT2D eigenvalue weighted by Crippen LogP contribution is -2.48. The lowest BCUT2D eigenvalue weighted by Gasteiger charge is -2.32. The Morgan fingerprint density at radius 2 is 1.82 bits per heavy atom. The molecule has 0 fully saturated rings. The second-order valence-corrected chi connectivity index (χ2v) is 4.00. The fourth-order valence-corrected chi connectivity index (χ4v) is 1.45. The maximum Gasteiger partial charge on any atom is 0.307 e. The molecule has 0 spiro atoms. The zero-order valence-electron chi connectivity index (χ0n) is 11.4. The number of carbonyl (C=O) groups excluding carboxylic acids is 2. The summed E-state index contributed by atoms with van der Waals surface area (Å²) in [6.07, 6.45) is 0.802. The summed E-state index contributed by atoms with van der Waals surface area (Å²) in [5.41, 5.74) is -0.813. The molecule has 1 atom stereocenters. The Hall–Kier alpha value is -1.10. The van der Waals surface area contributed by atoms with E-state index >= 15 is 0 Å². The summed E-state index contributed by atoms with van der Waals surface area (Å²) >= 11 is 0. The fourth-order valence-electron chi connectivity index (χ4n) is 1.45. The van der Waals surface area contributed by atoms with Gasteiger partial charge in [0.1, 0.15) is 5.60 Å². The van der Waals surface area contributed by atoms with Crippen LogP contribution in [0.5, 0.6) is 0 Å². The molecule has 0 aliphatic carbocycles. The van der Waals surface area contributed by atoms with Crippen LogP contribution in [0.4, 0.5) is 0 Å².